The molecule has 2 aromatic rings. The van der Waals surface area contributed by atoms with E-state index < -0.39 is 23.6 Å². The molecule has 8 heteroatoms. The van der Waals surface area contributed by atoms with Gasteiger partial charge in [0.2, 0.25) is 5.78 Å². The van der Waals surface area contributed by atoms with Crippen molar-refractivity contribution >= 4 is 17.6 Å². The van der Waals surface area contributed by atoms with Gasteiger partial charge >= 0.3 is 0 Å². The molecule has 0 saturated carbocycles. The van der Waals surface area contributed by atoms with Crippen molar-refractivity contribution in [2.24, 2.45) is 0 Å². The van der Waals surface area contributed by atoms with E-state index in [1.165, 1.54) is 0 Å². The highest BCUT2D eigenvalue weighted by Gasteiger charge is 2.27. The third-order valence-electron chi connectivity index (χ3n) is 5.38. The lowest BCUT2D eigenvalue weighted by Crippen LogP contribution is -2.47. The van der Waals surface area contributed by atoms with E-state index in [2.05, 4.69) is 10.6 Å². The van der Waals surface area contributed by atoms with E-state index in [4.69, 9.17) is 14.2 Å². The third kappa shape index (κ3) is 7.40. The number of ketones is 1. The highest BCUT2D eigenvalue weighted by molar-refractivity contribution is 6.38. The van der Waals surface area contributed by atoms with Gasteiger partial charge in [0.15, 0.2) is 0 Å². The van der Waals surface area contributed by atoms with Gasteiger partial charge in [-0.15, -0.1) is 0 Å². The smallest absolute Gasteiger partial charge is 0.289 e. The topological polar surface area (TPSA) is 103 Å². The van der Waals surface area contributed by atoms with Crippen LogP contribution in [0.2, 0.25) is 0 Å². The Morgan fingerprint density at radius 1 is 1.03 bits per heavy atom. The third-order valence-corrected chi connectivity index (χ3v) is 5.38. The van der Waals surface area contributed by atoms with Gasteiger partial charge in [0.25, 0.3) is 11.8 Å². The van der Waals surface area contributed by atoms with Gasteiger partial charge in [-0.3, -0.25) is 14.4 Å². The molecule has 0 saturated heterocycles. The Morgan fingerprint density at radius 3 is 2.58 bits per heavy atom. The van der Waals surface area contributed by atoms with Gasteiger partial charge in [-0.05, 0) is 48.6 Å². The molecule has 0 aromatic heterocycles. The summed E-state index contributed by atoms with van der Waals surface area (Å²) in [6.45, 7) is 1.88. The number of hydrogen-bond acceptors (Lipinski definition) is 6. The number of rotatable bonds is 5. The molecule has 2 aromatic carbocycles. The van der Waals surface area contributed by atoms with E-state index in [9.17, 15) is 14.4 Å². The van der Waals surface area contributed by atoms with Gasteiger partial charge in [-0.2, -0.15) is 0 Å². The SMILES string of the molecule is COc1ccc(CNC(=O)C(=O)C2CCCCOCCOCc3ccccc3C(=O)N2)cc1. The van der Waals surface area contributed by atoms with Crippen molar-refractivity contribution in [3.8, 4) is 5.75 Å². The molecule has 1 aliphatic rings. The van der Waals surface area contributed by atoms with Crippen LogP contribution in [0, 0.1) is 0 Å². The first-order chi connectivity index (χ1) is 16.1. The molecule has 1 heterocycles. The Balaban J connectivity index is 1.68. The van der Waals surface area contributed by atoms with Crippen LogP contribution >= 0.6 is 0 Å². The highest BCUT2D eigenvalue weighted by atomic mass is 16.5. The molecule has 1 aliphatic heterocycles. The van der Waals surface area contributed by atoms with Gasteiger partial charge in [0, 0.05) is 18.7 Å². The minimum Gasteiger partial charge on any atom is -0.497 e. The maximum atomic E-state index is 13.0. The second kappa shape index (κ2) is 12.7. The molecule has 3 rings (SSSR count). The number of nitrogens with one attached hydrogen (secondary N) is 2. The molecule has 33 heavy (non-hydrogen) atoms. The number of benzene rings is 2. The van der Waals surface area contributed by atoms with Gasteiger partial charge in [-0.25, -0.2) is 0 Å². The summed E-state index contributed by atoms with van der Waals surface area (Å²) in [5.74, 6) is -1.09. The molecule has 8 nitrogen and oxygen atoms in total. The molecule has 0 radical (unpaired) electrons. The number of hydrogen-bond donors (Lipinski definition) is 2. The molecule has 2 N–H and O–H groups in total. The van der Waals surface area contributed by atoms with E-state index in [-0.39, 0.29) is 13.2 Å². The van der Waals surface area contributed by atoms with Crippen molar-refractivity contribution in [3.05, 3.63) is 65.2 Å². The van der Waals surface area contributed by atoms with Crippen LogP contribution < -0.4 is 15.4 Å². The first kappa shape index (κ1) is 24.4. The van der Waals surface area contributed by atoms with Crippen molar-refractivity contribution in [3.63, 3.8) is 0 Å². The van der Waals surface area contributed by atoms with Gasteiger partial charge in [-0.1, -0.05) is 30.3 Å². The van der Waals surface area contributed by atoms with Crippen molar-refractivity contribution < 1.29 is 28.6 Å². The standard InChI is InChI=1S/C25H30N2O6/c1-31-20-11-9-18(10-12-20)16-26-25(30)23(28)22-8-4-5-13-32-14-15-33-17-19-6-2-3-7-21(19)24(29)27-22/h2-3,6-7,9-12,22H,4-5,8,13-17H2,1H3,(H,26,30)(H,27,29). The minimum absolute atomic E-state index is 0.198. The fourth-order valence-corrected chi connectivity index (χ4v) is 3.50. The lowest BCUT2D eigenvalue weighted by atomic mass is 10.0. The highest BCUT2D eigenvalue weighted by Crippen LogP contribution is 2.13. The first-order valence-electron chi connectivity index (χ1n) is 11.1. The normalized spacial score (nSPS) is 17.7. The van der Waals surface area contributed by atoms with Crippen LogP contribution in [0.5, 0.6) is 5.75 Å². The molecule has 0 spiro atoms. The summed E-state index contributed by atoms with van der Waals surface area (Å²) >= 11 is 0. The zero-order valence-corrected chi connectivity index (χ0v) is 18.8. The average molecular weight is 455 g/mol. The van der Waals surface area contributed by atoms with Gasteiger partial charge in [0.05, 0.1) is 33.0 Å². The Kier molecular flexibility index (Phi) is 9.41. The average Bonchev–Trinajstić information content (AvgIpc) is 2.85. The van der Waals surface area contributed by atoms with E-state index in [1.54, 1.807) is 37.4 Å². The van der Waals surface area contributed by atoms with E-state index >= 15 is 0 Å². The molecule has 2 amide bonds. The summed E-state index contributed by atoms with van der Waals surface area (Å²) in [6.07, 6.45) is 1.69. The van der Waals surface area contributed by atoms with E-state index in [1.807, 2.05) is 18.2 Å². The van der Waals surface area contributed by atoms with Crippen molar-refractivity contribution in [1.29, 1.82) is 0 Å². The Hall–Kier alpha value is -3.23. The monoisotopic (exact) mass is 454 g/mol. The molecule has 0 bridgehead atoms. The van der Waals surface area contributed by atoms with Crippen LogP contribution in [-0.4, -0.2) is 50.6 Å². The van der Waals surface area contributed by atoms with Crippen LogP contribution in [0.15, 0.2) is 48.5 Å². The summed E-state index contributed by atoms with van der Waals surface area (Å²) in [6, 6.07) is 13.3. The number of ether oxygens (including phenoxy) is 3. The number of carbonyl (C=O) groups excluding carboxylic acids is 3. The predicted molar refractivity (Wildman–Crippen MR) is 122 cm³/mol. The number of amides is 2. The zero-order valence-electron chi connectivity index (χ0n) is 18.8. The number of methoxy groups -OCH3 is 1. The summed E-state index contributed by atoms with van der Waals surface area (Å²) in [4.78, 5) is 38.5. The minimum atomic E-state index is -0.926. The predicted octanol–water partition coefficient (Wildman–Crippen LogP) is 2.40. The van der Waals surface area contributed by atoms with Crippen LogP contribution in [0.4, 0.5) is 0 Å². The fraction of sp³-hybridized carbons (Fsp3) is 0.400. The number of carbonyl (C=O) groups is 3. The summed E-state index contributed by atoms with van der Waals surface area (Å²) in [7, 11) is 1.58. The number of Topliss-reactive ketones (excluding diaryl/α,β-unsaturated/α-hetero) is 1. The molecular formula is C25H30N2O6. The second-order valence-electron chi connectivity index (χ2n) is 7.74. The Morgan fingerprint density at radius 2 is 1.79 bits per heavy atom. The molecule has 0 fully saturated rings. The van der Waals surface area contributed by atoms with E-state index in [0.717, 1.165) is 5.56 Å². The van der Waals surface area contributed by atoms with Crippen molar-refractivity contribution in [2.45, 2.75) is 38.5 Å². The largest absolute Gasteiger partial charge is 0.497 e. The molecule has 176 valence electrons. The van der Waals surface area contributed by atoms with Crippen LogP contribution in [0.25, 0.3) is 0 Å². The maximum absolute atomic E-state index is 13.0. The summed E-state index contributed by atoms with van der Waals surface area (Å²) < 4.78 is 16.3. The van der Waals surface area contributed by atoms with Crippen molar-refractivity contribution in [1.82, 2.24) is 10.6 Å². The Bertz CT molecular complexity index is 944. The van der Waals surface area contributed by atoms with Gasteiger partial charge < -0.3 is 24.8 Å². The van der Waals surface area contributed by atoms with Crippen molar-refractivity contribution in [2.75, 3.05) is 26.9 Å². The molecular weight excluding hydrogens is 424 g/mol. The molecule has 1 atom stereocenters. The van der Waals surface area contributed by atoms with Gasteiger partial charge in [0.1, 0.15) is 5.75 Å². The number of fused-ring (bicyclic) bond motifs is 1. The Labute approximate surface area is 193 Å². The lowest BCUT2D eigenvalue weighted by Gasteiger charge is -2.19. The summed E-state index contributed by atoms with van der Waals surface area (Å²) in [5, 5.41) is 5.41. The molecule has 1 unspecified atom stereocenters. The maximum Gasteiger partial charge on any atom is 0.289 e. The fourth-order valence-electron chi connectivity index (χ4n) is 3.50. The zero-order chi connectivity index (χ0) is 23.5. The summed E-state index contributed by atoms with van der Waals surface area (Å²) in [5.41, 5.74) is 1.97. The van der Waals surface area contributed by atoms with Crippen LogP contribution in [-0.2, 0) is 32.2 Å². The lowest BCUT2D eigenvalue weighted by molar-refractivity contribution is -0.139. The van der Waals surface area contributed by atoms with Crippen LogP contribution in [0.3, 0.4) is 0 Å². The van der Waals surface area contributed by atoms with E-state index in [0.29, 0.717) is 56.0 Å². The quantitative estimate of drug-likeness (QED) is 0.673. The van der Waals surface area contributed by atoms with Crippen LogP contribution in [0.1, 0.15) is 40.7 Å². The molecule has 0 aliphatic carbocycles. The first-order valence-corrected chi connectivity index (χ1v) is 11.1. The second-order valence-corrected chi connectivity index (χ2v) is 7.74.